The minimum absolute atomic E-state index is 0.0453. The van der Waals surface area contributed by atoms with Crippen LogP contribution in [0.3, 0.4) is 0 Å². The van der Waals surface area contributed by atoms with E-state index < -0.39 is 15.9 Å². The second-order valence-electron chi connectivity index (χ2n) is 4.05. The molecule has 0 aliphatic rings. The van der Waals surface area contributed by atoms with Crippen molar-refractivity contribution in [3.63, 3.8) is 0 Å². The van der Waals surface area contributed by atoms with Crippen LogP contribution in [0.2, 0.25) is 0 Å². The van der Waals surface area contributed by atoms with Gasteiger partial charge in [0.2, 0.25) is 0 Å². The second kappa shape index (κ2) is 4.97. The third-order valence-electron chi connectivity index (χ3n) is 2.64. The predicted octanol–water partition coefficient (Wildman–Crippen LogP) is 2.61. The minimum Gasteiger partial charge on any atom is -0.377 e. The molecule has 0 fully saturated rings. The molecule has 2 aromatic rings. The molecule has 1 heterocycles. The van der Waals surface area contributed by atoms with Gasteiger partial charge in [-0.05, 0) is 37.6 Å². The van der Waals surface area contributed by atoms with E-state index >= 15 is 0 Å². The van der Waals surface area contributed by atoms with Crippen LogP contribution < -0.4 is 4.18 Å². The molecule has 19 heavy (non-hydrogen) atoms. The molecule has 0 amide bonds. The van der Waals surface area contributed by atoms with Crippen LogP contribution in [0.25, 0.3) is 0 Å². The van der Waals surface area contributed by atoms with Gasteiger partial charge in [0.1, 0.15) is 10.7 Å². The van der Waals surface area contributed by atoms with Crippen molar-refractivity contribution in [1.82, 2.24) is 4.98 Å². The van der Waals surface area contributed by atoms with Gasteiger partial charge in [-0.25, -0.2) is 4.39 Å². The predicted molar refractivity (Wildman–Crippen MR) is 67.9 cm³/mol. The van der Waals surface area contributed by atoms with Gasteiger partial charge >= 0.3 is 10.1 Å². The molecular formula is C13H12FNO3S. The highest BCUT2D eigenvalue weighted by Crippen LogP contribution is 2.23. The summed E-state index contributed by atoms with van der Waals surface area (Å²) in [5.41, 5.74) is 0.432. The molecule has 0 aliphatic heterocycles. The number of aryl methyl sites for hydroxylation is 1. The van der Waals surface area contributed by atoms with Crippen LogP contribution in [0.15, 0.2) is 41.6 Å². The Morgan fingerprint density at radius 3 is 2.58 bits per heavy atom. The van der Waals surface area contributed by atoms with E-state index in [1.54, 1.807) is 13.0 Å². The number of pyridine rings is 1. The fourth-order valence-corrected chi connectivity index (χ4v) is 2.78. The highest BCUT2D eigenvalue weighted by Gasteiger charge is 2.22. The topological polar surface area (TPSA) is 56.3 Å². The molecule has 0 radical (unpaired) electrons. The number of nitrogens with zero attached hydrogens (tertiary/aromatic N) is 1. The van der Waals surface area contributed by atoms with Gasteiger partial charge < -0.3 is 4.18 Å². The summed E-state index contributed by atoms with van der Waals surface area (Å²) >= 11 is 0. The summed E-state index contributed by atoms with van der Waals surface area (Å²) in [6.07, 6.45) is 2.77. The standard InChI is InChI=1S/C13H12FNO3S/c1-9-5-6-12(10(2)13(9)14)19(16,17)18-11-4-3-7-15-8-11/h3-8H,1-2H3. The van der Waals surface area contributed by atoms with E-state index in [2.05, 4.69) is 4.98 Å². The summed E-state index contributed by atoms with van der Waals surface area (Å²) in [4.78, 5) is 3.57. The Bertz CT molecular complexity index is 699. The van der Waals surface area contributed by atoms with Crippen molar-refractivity contribution in [1.29, 1.82) is 0 Å². The van der Waals surface area contributed by atoms with E-state index in [4.69, 9.17) is 4.18 Å². The van der Waals surface area contributed by atoms with Crippen LogP contribution >= 0.6 is 0 Å². The van der Waals surface area contributed by atoms with E-state index in [-0.39, 0.29) is 16.2 Å². The lowest BCUT2D eigenvalue weighted by molar-refractivity contribution is 0.482. The van der Waals surface area contributed by atoms with Crippen molar-refractivity contribution in [3.05, 3.63) is 53.6 Å². The zero-order chi connectivity index (χ0) is 14.0. The number of hydrogen-bond donors (Lipinski definition) is 0. The lowest BCUT2D eigenvalue weighted by atomic mass is 10.1. The maximum absolute atomic E-state index is 13.7. The number of rotatable bonds is 3. The van der Waals surface area contributed by atoms with Crippen molar-refractivity contribution < 1.29 is 17.0 Å². The normalized spacial score (nSPS) is 11.3. The molecule has 0 unspecified atom stereocenters. The van der Waals surface area contributed by atoms with Crippen LogP contribution in [0.5, 0.6) is 5.75 Å². The van der Waals surface area contributed by atoms with Crippen molar-refractivity contribution in [2.75, 3.05) is 0 Å². The number of benzene rings is 1. The summed E-state index contributed by atoms with van der Waals surface area (Å²) in [6.45, 7) is 2.97. The maximum Gasteiger partial charge on any atom is 0.339 e. The van der Waals surface area contributed by atoms with E-state index in [1.165, 1.54) is 37.5 Å². The van der Waals surface area contributed by atoms with Gasteiger partial charge in [-0.3, -0.25) is 4.98 Å². The van der Waals surface area contributed by atoms with E-state index in [1.807, 2.05) is 0 Å². The average Bonchev–Trinajstić information content (AvgIpc) is 2.36. The second-order valence-corrected chi connectivity index (χ2v) is 5.56. The van der Waals surface area contributed by atoms with Crippen LogP contribution in [-0.2, 0) is 10.1 Å². The van der Waals surface area contributed by atoms with E-state index in [0.717, 1.165) is 0 Å². The summed E-state index contributed by atoms with van der Waals surface area (Å²) in [5.74, 6) is -0.459. The fourth-order valence-electron chi connectivity index (χ4n) is 1.64. The summed E-state index contributed by atoms with van der Waals surface area (Å²) in [6, 6.07) is 5.75. The van der Waals surface area contributed by atoms with Gasteiger partial charge in [-0.15, -0.1) is 0 Å². The first-order valence-corrected chi connectivity index (χ1v) is 6.93. The molecule has 100 valence electrons. The van der Waals surface area contributed by atoms with Gasteiger partial charge in [0.15, 0.2) is 5.75 Å². The minimum atomic E-state index is -4.06. The van der Waals surface area contributed by atoms with Crippen molar-refractivity contribution in [2.24, 2.45) is 0 Å². The molecule has 4 nitrogen and oxygen atoms in total. The third kappa shape index (κ3) is 2.73. The SMILES string of the molecule is Cc1ccc(S(=O)(=O)Oc2cccnc2)c(C)c1F. The Kier molecular flexibility index (Phi) is 3.53. The van der Waals surface area contributed by atoms with E-state index in [9.17, 15) is 12.8 Å². The number of aromatic nitrogens is 1. The first kappa shape index (κ1) is 13.5. The quantitative estimate of drug-likeness (QED) is 0.811. The molecule has 0 atom stereocenters. The zero-order valence-corrected chi connectivity index (χ0v) is 11.2. The van der Waals surface area contributed by atoms with Gasteiger partial charge in [0, 0.05) is 11.8 Å². The Labute approximate surface area is 111 Å². The lowest BCUT2D eigenvalue weighted by Crippen LogP contribution is -2.12. The van der Waals surface area contributed by atoms with Crippen LogP contribution in [0.1, 0.15) is 11.1 Å². The maximum atomic E-state index is 13.7. The highest BCUT2D eigenvalue weighted by atomic mass is 32.2. The number of halogens is 1. The van der Waals surface area contributed by atoms with Crippen LogP contribution in [0, 0.1) is 19.7 Å². The molecule has 0 N–H and O–H groups in total. The molecule has 0 spiro atoms. The van der Waals surface area contributed by atoms with Crippen molar-refractivity contribution in [2.45, 2.75) is 18.7 Å². The third-order valence-corrected chi connectivity index (χ3v) is 4.03. The summed E-state index contributed by atoms with van der Waals surface area (Å²) in [5, 5.41) is 0. The van der Waals surface area contributed by atoms with Gasteiger partial charge in [0.25, 0.3) is 0 Å². The summed E-state index contributed by atoms with van der Waals surface area (Å²) < 4.78 is 42.8. The Morgan fingerprint density at radius 1 is 1.21 bits per heavy atom. The monoisotopic (exact) mass is 281 g/mol. The molecule has 2 rings (SSSR count). The molecule has 6 heteroatoms. The van der Waals surface area contributed by atoms with Crippen molar-refractivity contribution in [3.8, 4) is 5.75 Å². The molecule has 0 saturated carbocycles. The Hall–Kier alpha value is -1.95. The smallest absolute Gasteiger partial charge is 0.339 e. The van der Waals surface area contributed by atoms with E-state index in [0.29, 0.717) is 5.56 Å². The zero-order valence-electron chi connectivity index (χ0n) is 10.4. The lowest BCUT2D eigenvalue weighted by Gasteiger charge is -2.10. The molecule has 0 bridgehead atoms. The first-order valence-electron chi connectivity index (χ1n) is 5.52. The molecular weight excluding hydrogens is 269 g/mol. The Balaban J connectivity index is 2.44. The molecule has 1 aromatic heterocycles. The average molecular weight is 281 g/mol. The molecule has 1 aromatic carbocycles. The molecule has 0 aliphatic carbocycles. The van der Waals surface area contributed by atoms with Crippen molar-refractivity contribution >= 4 is 10.1 Å². The van der Waals surface area contributed by atoms with Gasteiger partial charge in [0.05, 0.1) is 6.20 Å². The fraction of sp³-hybridized carbons (Fsp3) is 0.154. The highest BCUT2D eigenvalue weighted by molar-refractivity contribution is 7.87. The van der Waals surface area contributed by atoms with Gasteiger partial charge in [-0.1, -0.05) is 6.07 Å². The van der Waals surface area contributed by atoms with Gasteiger partial charge in [-0.2, -0.15) is 8.42 Å². The van der Waals surface area contributed by atoms with Crippen LogP contribution in [0.4, 0.5) is 4.39 Å². The largest absolute Gasteiger partial charge is 0.377 e. The Morgan fingerprint density at radius 2 is 1.95 bits per heavy atom. The first-order chi connectivity index (χ1) is 8.92. The number of hydrogen-bond acceptors (Lipinski definition) is 4. The molecule has 0 saturated heterocycles. The van der Waals surface area contributed by atoms with Crippen LogP contribution in [-0.4, -0.2) is 13.4 Å². The summed E-state index contributed by atoms with van der Waals surface area (Å²) in [7, 11) is -4.06.